The number of carbonyl (C=O) groups is 2. The van der Waals surface area contributed by atoms with E-state index >= 15 is 0 Å². The van der Waals surface area contributed by atoms with Crippen molar-refractivity contribution >= 4 is 38.9 Å². The maximum absolute atomic E-state index is 12.9. The number of nitrogens with zero attached hydrogens (tertiary/aromatic N) is 1. The van der Waals surface area contributed by atoms with Gasteiger partial charge in [0.2, 0.25) is 0 Å². The predicted octanol–water partition coefficient (Wildman–Crippen LogP) is 5.09. The lowest BCUT2D eigenvalue weighted by Crippen LogP contribution is -2.15. The van der Waals surface area contributed by atoms with Crippen molar-refractivity contribution in [2.24, 2.45) is 0 Å². The molecule has 3 aromatic carbocycles. The second-order valence-electron chi connectivity index (χ2n) is 6.23. The van der Waals surface area contributed by atoms with Crippen LogP contribution in [0.2, 0.25) is 0 Å². The fourth-order valence-corrected chi connectivity index (χ4v) is 3.61. The molecule has 0 fully saturated rings. The van der Waals surface area contributed by atoms with Crippen molar-refractivity contribution in [3.05, 3.63) is 94.5 Å². The Morgan fingerprint density at radius 2 is 1.74 bits per heavy atom. The van der Waals surface area contributed by atoms with Crippen molar-refractivity contribution in [3.63, 3.8) is 0 Å². The van der Waals surface area contributed by atoms with E-state index in [2.05, 4.69) is 10.3 Å². The maximum Gasteiger partial charge on any atom is 0.255 e. The van der Waals surface area contributed by atoms with Crippen LogP contribution >= 0.6 is 11.3 Å². The maximum atomic E-state index is 12.9. The average Bonchev–Trinajstić information content (AvgIpc) is 3.17. The minimum Gasteiger partial charge on any atom is -0.321 e. The average molecular weight is 372 g/mol. The highest BCUT2D eigenvalue weighted by atomic mass is 32.1. The fraction of sp³-hybridized carbons (Fsp3) is 0.0455. The molecule has 27 heavy (non-hydrogen) atoms. The first-order valence-electron chi connectivity index (χ1n) is 8.47. The van der Waals surface area contributed by atoms with Crippen molar-refractivity contribution in [2.45, 2.75) is 6.92 Å². The molecular weight excluding hydrogens is 356 g/mol. The highest BCUT2D eigenvalue weighted by Crippen LogP contribution is 2.23. The van der Waals surface area contributed by atoms with Gasteiger partial charge in [-0.3, -0.25) is 9.59 Å². The number of benzene rings is 3. The third-order valence-corrected chi connectivity index (χ3v) is 5.09. The van der Waals surface area contributed by atoms with Crippen LogP contribution in [-0.2, 0) is 0 Å². The number of rotatable bonds is 4. The third kappa shape index (κ3) is 3.50. The van der Waals surface area contributed by atoms with Gasteiger partial charge >= 0.3 is 0 Å². The Morgan fingerprint density at radius 1 is 0.926 bits per heavy atom. The number of hydrogen-bond acceptors (Lipinski definition) is 4. The molecule has 1 aromatic heterocycles. The molecule has 0 unspecified atom stereocenters. The zero-order valence-corrected chi connectivity index (χ0v) is 15.4. The molecule has 0 bridgehead atoms. The molecule has 4 rings (SSSR count). The monoisotopic (exact) mass is 372 g/mol. The molecule has 5 heteroatoms. The van der Waals surface area contributed by atoms with E-state index in [0.29, 0.717) is 22.4 Å². The van der Waals surface area contributed by atoms with Gasteiger partial charge in [-0.05, 0) is 37.3 Å². The molecule has 4 aromatic rings. The number of thiazole rings is 1. The van der Waals surface area contributed by atoms with Gasteiger partial charge in [-0.1, -0.05) is 42.0 Å². The Balaban J connectivity index is 1.67. The van der Waals surface area contributed by atoms with E-state index < -0.39 is 0 Å². The largest absolute Gasteiger partial charge is 0.321 e. The van der Waals surface area contributed by atoms with Crippen LogP contribution < -0.4 is 5.32 Å². The van der Waals surface area contributed by atoms with Crippen molar-refractivity contribution in [3.8, 4) is 0 Å². The first kappa shape index (κ1) is 17.1. The smallest absolute Gasteiger partial charge is 0.255 e. The number of aromatic nitrogens is 1. The lowest BCUT2D eigenvalue weighted by atomic mass is 9.99. The van der Waals surface area contributed by atoms with Gasteiger partial charge in [0.25, 0.3) is 5.91 Å². The van der Waals surface area contributed by atoms with E-state index in [-0.39, 0.29) is 11.7 Å². The minimum atomic E-state index is -0.253. The Bertz CT molecular complexity index is 1150. The van der Waals surface area contributed by atoms with Gasteiger partial charge in [0.05, 0.1) is 21.4 Å². The summed E-state index contributed by atoms with van der Waals surface area (Å²) in [5.74, 6) is -0.372. The highest BCUT2D eigenvalue weighted by molar-refractivity contribution is 7.16. The van der Waals surface area contributed by atoms with Crippen LogP contribution in [0.1, 0.15) is 31.8 Å². The number of ketones is 1. The van der Waals surface area contributed by atoms with Crippen LogP contribution in [0.25, 0.3) is 10.2 Å². The van der Waals surface area contributed by atoms with Crippen molar-refractivity contribution in [2.75, 3.05) is 5.32 Å². The Morgan fingerprint density at radius 3 is 2.56 bits per heavy atom. The second-order valence-corrected chi connectivity index (χ2v) is 7.12. The summed E-state index contributed by atoms with van der Waals surface area (Å²) in [5.41, 5.74) is 5.68. The lowest BCUT2D eigenvalue weighted by molar-refractivity contribution is 0.102. The zero-order valence-electron chi connectivity index (χ0n) is 14.6. The standard InChI is InChI=1S/C22H16N2O2S/c1-14-7-9-18(17(11-14)21(25)15-5-3-2-4-6-15)24-22(26)16-8-10-19-20(12-16)27-13-23-19/h2-13H,1H3,(H,24,26). The van der Waals surface area contributed by atoms with Crippen LogP contribution in [0.3, 0.4) is 0 Å². The van der Waals surface area contributed by atoms with Crippen LogP contribution in [0, 0.1) is 6.92 Å². The summed E-state index contributed by atoms with van der Waals surface area (Å²) < 4.78 is 0.951. The molecule has 0 radical (unpaired) electrons. The summed E-state index contributed by atoms with van der Waals surface area (Å²) in [4.78, 5) is 29.9. The molecule has 1 heterocycles. The molecule has 0 aliphatic rings. The second kappa shape index (κ2) is 7.13. The molecule has 1 N–H and O–H groups in total. The zero-order chi connectivity index (χ0) is 18.8. The van der Waals surface area contributed by atoms with Crippen LogP contribution in [-0.4, -0.2) is 16.7 Å². The summed E-state index contributed by atoms with van der Waals surface area (Å²) >= 11 is 1.49. The Hall–Kier alpha value is -3.31. The molecule has 132 valence electrons. The number of carbonyl (C=O) groups excluding carboxylic acids is 2. The number of aryl methyl sites for hydroxylation is 1. The van der Waals surface area contributed by atoms with E-state index in [1.807, 2.05) is 43.3 Å². The third-order valence-electron chi connectivity index (χ3n) is 4.30. The Kier molecular flexibility index (Phi) is 4.52. The molecular formula is C22H16N2O2S. The highest BCUT2D eigenvalue weighted by Gasteiger charge is 2.16. The summed E-state index contributed by atoms with van der Waals surface area (Å²) in [6.07, 6.45) is 0. The molecule has 0 atom stereocenters. The normalized spacial score (nSPS) is 10.7. The van der Waals surface area contributed by atoms with Crippen LogP contribution in [0.5, 0.6) is 0 Å². The lowest BCUT2D eigenvalue weighted by Gasteiger charge is -2.12. The predicted molar refractivity (Wildman–Crippen MR) is 109 cm³/mol. The number of hydrogen-bond donors (Lipinski definition) is 1. The quantitative estimate of drug-likeness (QED) is 0.508. The molecule has 0 saturated carbocycles. The van der Waals surface area contributed by atoms with E-state index in [1.165, 1.54) is 11.3 Å². The van der Waals surface area contributed by atoms with Crippen molar-refractivity contribution in [1.29, 1.82) is 0 Å². The number of amides is 1. The number of nitrogens with one attached hydrogen (secondary N) is 1. The number of anilines is 1. The van der Waals surface area contributed by atoms with Gasteiger partial charge in [-0.2, -0.15) is 0 Å². The molecule has 0 spiro atoms. The topological polar surface area (TPSA) is 59.1 Å². The first-order chi connectivity index (χ1) is 13.1. The van der Waals surface area contributed by atoms with Crippen molar-refractivity contribution in [1.82, 2.24) is 4.98 Å². The van der Waals surface area contributed by atoms with Gasteiger partial charge in [0, 0.05) is 16.7 Å². The molecule has 0 saturated heterocycles. The Labute approximate surface area is 160 Å². The molecule has 0 aliphatic heterocycles. The van der Waals surface area contributed by atoms with Gasteiger partial charge < -0.3 is 5.32 Å². The molecule has 4 nitrogen and oxygen atoms in total. The van der Waals surface area contributed by atoms with Crippen LogP contribution in [0.15, 0.2) is 72.2 Å². The number of fused-ring (bicyclic) bond motifs is 1. The van der Waals surface area contributed by atoms with Crippen molar-refractivity contribution < 1.29 is 9.59 Å². The van der Waals surface area contributed by atoms with E-state index in [1.54, 1.807) is 35.8 Å². The summed E-state index contributed by atoms with van der Waals surface area (Å²) in [7, 11) is 0. The van der Waals surface area contributed by atoms with Gasteiger partial charge in [0.15, 0.2) is 5.78 Å². The summed E-state index contributed by atoms with van der Waals surface area (Å²) in [5, 5.41) is 2.89. The van der Waals surface area contributed by atoms with E-state index in [9.17, 15) is 9.59 Å². The molecule has 0 aliphatic carbocycles. The minimum absolute atomic E-state index is 0.118. The van der Waals surface area contributed by atoms with Gasteiger partial charge in [-0.25, -0.2) is 4.98 Å². The van der Waals surface area contributed by atoms with Crippen LogP contribution in [0.4, 0.5) is 5.69 Å². The SMILES string of the molecule is Cc1ccc(NC(=O)c2ccc3ncsc3c2)c(C(=O)c2ccccc2)c1. The fourth-order valence-electron chi connectivity index (χ4n) is 2.89. The van der Waals surface area contributed by atoms with E-state index in [0.717, 1.165) is 15.8 Å². The summed E-state index contributed by atoms with van der Waals surface area (Å²) in [6.45, 7) is 1.92. The summed E-state index contributed by atoms with van der Waals surface area (Å²) in [6, 6.07) is 19.9. The van der Waals surface area contributed by atoms with E-state index in [4.69, 9.17) is 0 Å². The van der Waals surface area contributed by atoms with Gasteiger partial charge in [-0.15, -0.1) is 11.3 Å². The first-order valence-corrected chi connectivity index (χ1v) is 9.35. The molecule has 1 amide bonds. The van der Waals surface area contributed by atoms with Gasteiger partial charge in [0.1, 0.15) is 0 Å².